The summed E-state index contributed by atoms with van der Waals surface area (Å²) >= 11 is 1.54. The van der Waals surface area contributed by atoms with Crippen LogP contribution in [0, 0.1) is 17.0 Å². The molecule has 0 aliphatic heterocycles. The first kappa shape index (κ1) is 14.1. The molecule has 0 spiro atoms. The van der Waals surface area contributed by atoms with Crippen molar-refractivity contribution in [3.05, 3.63) is 50.0 Å². The highest BCUT2D eigenvalue weighted by Gasteiger charge is 2.18. The number of aldehydes is 1. The first-order valence-corrected chi connectivity index (χ1v) is 6.75. The number of thiazole rings is 1. The zero-order valence-electron chi connectivity index (χ0n) is 11.1. The lowest BCUT2D eigenvalue weighted by Crippen LogP contribution is -2.18. The van der Waals surface area contributed by atoms with Crippen molar-refractivity contribution < 1.29 is 9.72 Å². The maximum atomic E-state index is 11.1. The third-order valence-corrected chi connectivity index (χ3v) is 3.63. The van der Waals surface area contributed by atoms with Crippen molar-refractivity contribution in [2.24, 2.45) is 0 Å². The van der Waals surface area contributed by atoms with Crippen molar-refractivity contribution in [3.63, 3.8) is 0 Å². The van der Waals surface area contributed by atoms with E-state index < -0.39 is 4.92 Å². The summed E-state index contributed by atoms with van der Waals surface area (Å²) in [7, 11) is 1.76. The van der Waals surface area contributed by atoms with Crippen molar-refractivity contribution >= 4 is 29.0 Å². The highest BCUT2D eigenvalue weighted by Crippen LogP contribution is 2.29. The van der Waals surface area contributed by atoms with Crippen molar-refractivity contribution in [1.29, 1.82) is 0 Å². The Morgan fingerprint density at radius 3 is 2.80 bits per heavy atom. The monoisotopic (exact) mass is 291 g/mol. The van der Waals surface area contributed by atoms with Gasteiger partial charge in [-0.2, -0.15) is 0 Å². The highest BCUT2D eigenvalue weighted by molar-refractivity contribution is 7.09. The van der Waals surface area contributed by atoms with Crippen LogP contribution in [0.2, 0.25) is 0 Å². The minimum absolute atomic E-state index is 0.0796. The Kier molecular flexibility index (Phi) is 4.09. The van der Waals surface area contributed by atoms with Crippen LogP contribution >= 0.6 is 11.3 Å². The smallest absolute Gasteiger partial charge is 0.293 e. The highest BCUT2D eigenvalue weighted by atomic mass is 32.1. The van der Waals surface area contributed by atoms with Crippen LogP contribution in [0.15, 0.2) is 23.6 Å². The molecule has 0 radical (unpaired) electrons. The van der Waals surface area contributed by atoms with Gasteiger partial charge in [-0.15, -0.1) is 11.3 Å². The van der Waals surface area contributed by atoms with Gasteiger partial charge in [-0.3, -0.25) is 14.9 Å². The van der Waals surface area contributed by atoms with Gasteiger partial charge in [0.1, 0.15) is 12.0 Å². The maximum absolute atomic E-state index is 11.1. The molecule has 0 aliphatic carbocycles. The fourth-order valence-corrected chi connectivity index (χ4v) is 2.50. The fraction of sp³-hybridized carbons (Fsp3) is 0.231. The maximum Gasteiger partial charge on any atom is 0.293 e. The van der Waals surface area contributed by atoms with Crippen LogP contribution in [-0.2, 0) is 6.54 Å². The molecular formula is C13H13N3O3S. The number of hydrogen-bond donors (Lipinski definition) is 0. The second-order valence-corrected chi connectivity index (χ2v) is 5.40. The lowest BCUT2D eigenvalue weighted by atomic mass is 10.1. The van der Waals surface area contributed by atoms with Crippen LogP contribution < -0.4 is 4.90 Å². The Morgan fingerprint density at radius 2 is 2.25 bits per heavy atom. The van der Waals surface area contributed by atoms with Gasteiger partial charge in [0.25, 0.3) is 5.69 Å². The van der Waals surface area contributed by atoms with E-state index in [0.717, 1.165) is 10.7 Å². The van der Waals surface area contributed by atoms with Gasteiger partial charge in [0.05, 0.1) is 22.2 Å². The molecule has 2 rings (SSSR count). The molecule has 0 N–H and O–H groups in total. The van der Waals surface area contributed by atoms with Crippen molar-refractivity contribution in [2.75, 3.05) is 11.9 Å². The number of rotatable bonds is 5. The predicted molar refractivity (Wildman–Crippen MR) is 77.4 cm³/mol. The fourth-order valence-electron chi connectivity index (χ4n) is 1.89. The zero-order valence-corrected chi connectivity index (χ0v) is 11.9. The largest absolute Gasteiger partial charge is 0.363 e. The van der Waals surface area contributed by atoms with Crippen molar-refractivity contribution in [2.45, 2.75) is 13.5 Å². The Hall–Kier alpha value is -2.28. The van der Waals surface area contributed by atoms with Gasteiger partial charge >= 0.3 is 0 Å². The van der Waals surface area contributed by atoms with Crippen LogP contribution in [0.5, 0.6) is 0 Å². The SMILES string of the molecule is Cc1nc(CN(C)c2ccc(C=O)cc2[N+](=O)[O-])cs1. The Bertz CT molecular complexity index is 654. The third kappa shape index (κ3) is 3.00. The van der Waals surface area contributed by atoms with Gasteiger partial charge < -0.3 is 4.90 Å². The normalized spacial score (nSPS) is 10.3. The second-order valence-electron chi connectivity index (χ2n) is 4.34. The number of benzene rings is 1. The summed E-state index contributed by atoms with van der Waals surface area (Å²) in [5.41, 5.74) is 1.54. The van der Waals surface area contributed by atoms with E-state index in [9.17, 15) is 14.9 Å². The molecule has 1 aromatic heterocycles. The van der Waals surface area contributed by atoms with E-state index in [1.807, 2.05) is 12.3 Å². The summed E-state index contributed by atoms with van der Waals surface area (Å²) < 4.78 is 0. The molecule has 1 aromatic carbocycles. The van der Waals surface area contributed by atoms with Crippen LogP contribution in [-0.4, -0.2) is 23.2 Å². The molecule has 6 nitrogen and oxygen atoms in total. The molecule has 0 unspecified atom stereocenters. The van der Waals surface area contributed by atoms with Crippen LogP contribution in [0.4, 0.5) is 11.4 Å². The molecule has 0 amide bonds. The molecule has 104 valence electrons. The standard InChI is InChI=1S/C13H13N3O3S/c1-9-14-11(8-20-9)6-15(2)12-4-3-10(7-17)5-13(12)16(18)19/h3-5,7-8H,6H2,1-2H3. The number of anilines is 1. The molecule has 2 aromatic rings. The quantitative estimate of drug-likeness (QED) is 0.481. The Morgan fingerprint density at radius 1 is 1.50 bits per heavy atom. The number of aryl methyl sites for hydroxylation is 1. The van der Waals surface area contributed by atoms with Crippen molar-refractivity contribution in [3.8, 4) is 0 Å². The summed E-state index contributed by atoms with van der Waals surface area (Å²) in [6.07, 6.45) is 0.598. The van der Waals surface area contributed by atoms with E-state index in [2.05, 4.69) is 4.98 Å². The summed E-state index contributed by atoms with van der Waals surface area (Å²) in [4.78, 5) is 27.4. The summed E-state index contributed by atoms with van der Waals surface area (Å²) in [5, 5.41) is 14.0. The molecule has 0 saturated heterocycles. The minimum atomic E-state index is -0.481. The molecule has 0 saturated carbocycles. The number of carbonyl (C=O) groups is 1. The van der Waals surface area contributed by atoms with E-state index in [1.165, 1.54) is 6.07 Å². The van der Waals surface area contributed by atoms with Gasteiger partial charge in [-0.05, 0) is 19.1 Å². The molecule has 0 atom stereocenters. The average molecular weight is 291 g/mol. The number of nitro groups is 1. The lowest BCUT2D eigenvalue weighted by Gasteiger charge is -2.18. The Labute approximate surface area is 119 Å². The van der Waals surface area contributed by atoms with Crippen LogP contribution in [0.25, 0.3) is 0 Å². The molecule has 1 heterocycles. The lowest BCUT2D eigenvalue weighted by molar-refractivity contribution is -0.384. The number of nitrogens with zero attached hydrogens (tertiary/aromatic N) is 3. The average Bonchev–Trinajstić information content (AvgIpc) is 2.83. The summed E-state index contributed by atoms with van der Waals surface area (Å²) in [6, 6.07) is 4.43. The van der Waals surface area contributed by atoms with E-state index >= 15 is 0 Å². The zero-order chi connectivity index (χ0) is 14.7. The predicted octanol–water partition coefficient (Wildman–Crippen LogP) is 2.81. The van der Waals surface area contributed by atoms with Crippen LogP contribution in [0.1, 0.15) is 21.1 Å². The van der Waals surface area contributed by atoms with E-state index in [0.29, 0.717) is 24.1 Å². The van der Waals surface area contributed by atoms with Crippen molar-refractivity contribution in [1.82, 2.24) is 4.98 Å². The molecule has 0 bridgehead atoms. The minimum Gasteiger partial charge on any atom is -0.363 e. The molecule has 0 fully saturated rings. The summed E-state index contributed by atoms with van der Waals surface area (Å²) in [6.45, 7) is 2.39. The first-order valence-electron chi connectivity index (χ1n) is 5.87. The topological polar surface area (TPSA) is 76.3 Å². The number of aromatic nitrogens is 1. The van der Waals surface area contributed by atoms with Gasteiger partial charge in [-0.25, -0.2) is 4.98 Å². The van der Waals surface area contributed by atoms with Crippen LogP contribution in [0.3, 0.4) is 0 Å². The molecule has 7 heteroatoms. The number of carbonyl (C=O) groups excluding carboxylic acids is 1. The molecule has 20 heavy (non-hydrogen) atoms. The van der Waals surface area contributed by atoms with Gasteiger partial charge in [0, 0.05) is 24.1 Å². The Balaban J connectivity index is 2.31. The first-order chi connectivity index (χ1) is 9.51. The van der Waals surface area contributed by atoms with E-state index in [-0.39, 0.29) is 5.69 Å². The van der Waals surface area contributed by atoms with Gasteiger partial charge in [0.2, 0.25) is 0 Å². The number of nitro benzene ring substituents is 1. The van der Waals surface area contributed by atoms with Gasteiger partial charge in [-0.1, -0.05) is 0 Å². The van der Waals surface area contributed by atoms with E-state index in [4.69, 9.17) is 0 Å². The second kappa shape index (κ2) is 5.79. The molecular weight excluding hydrogens is 278 g/mol. The van der Waals surface area contributed by atoms with E-state index in [1.54, 1.807) is 35.4 Å². The summed E-state index contributed by atoms with van der Waals surface area (Å²) in [5.74, 6) is 0. The van der Waals surface area contributed by atoms with Gasteiger partial charge in [0.15, 0.2) is 0 Å². The molecule has 0 aliphatic rings. The third-order valence-electron chi connectivity index (χ3n) is 2.81. The number of hydrogen-bond acceptors (Lipinski definition) is 6.